The van der Waals surface area contributed by atoms with Crippen molar-refractivity contribution in [2.45, 2.75) is 38.8 Å². The Labute approximate surface area is 127 Å². The molecule has 3 unspecified atom stereocenters. The highest BCUT2D eigenvalue weighted by Crippen LogP contribution is 2.34. The zero-order chi connectivity index (χ0) is 14.7. The van der Waals surface area contributed by atoms with Gasteiger partial charge in [0, 0.05) is 18.6 Å². The quantitative estimate of drug-likeness (QED) is 0.924. The number of nitrogens with zero attached hydrogens (tertiary/aromatic N) is 1. The van der Waals surface area contributed by atoms with Gasteiger partial charge >= 0.3 is 0 Å². The molecule has 0 amide bonds. The van der Waals surface area contributed by atoms with Crippen LogP contribution in [0.4, 0.5) is 0 Å². The standard InChI is InChI=1S/C16H25ClN2O/c1-11-5-4-8-19(12(11)2)15(10-18)13-6-7-16(20-3)14(17)9-13/h6-7,9,11-12,15H,4-5,8,10,18H2,1-3H3. The molecule has 20 heavy (non-hydrogen) atoms. The van der Waals surface area contributed by atoms with Crippen LogP contribution in [0, 0.1) is 5.92 Å². The first kappa shape index (κ1) is 15.6. The lowest BCUT2D eigenvalue weighted by atomic mass is 9.89. The number of rotatable bonds is 4. The second-order valence-electron chi connectivity index (χ2n) is 5.74. The van der Waals surface area contributed by atoms with Crippen molar-refractivity contribution in [2.75, 3.05) is 20.2 Å². The van der Waals surface area contributed by atoms with Crippen LogP contribution in [0.5, 0.6) is 5.75 Å². The zero-order valence-electron chi connectivity index (χ0n) is 12.6. The first-order valence-electron chi connectivity index (χ1n) is 7.37. The number of likely N-dealkylation sites (tertiary alicyclic amines) is 1. The van der Waals surface area contributed by atoms with Gasteiger partial charge in [-0.25, -0.2) is 0 Å². The summed E-state index contributed by atoms with van der Waals surface area (Å²) in [4.78, 5) is 2.52. The Morgan fingerprint density at radius 1 is 1.45 bits per heavy atom. The zero-order valence-corrected chi connectivity index (χ0v) is 13.4. The molecule has 112 valence electrons. The molecule has 0 aromatic heterocycles. The predicted octanol–water partition coefficient (Wildman–Crippen LogP) is 3.47. The van der Waals surface area contributed by atoms with Gasteiger partial charge in [0.2, 0.25) is 0 Å². The van der Waals surface area contributed by atoms with Crippen molar-refractivity contribution < 1.29 is 4.74 Å². The first-order chi connectivity index (χ1) is 9.58. The van der Waals surface area contributed by atoms with Crippen LogP contribution in [0.25, 0.3) is 0 Å². The van der Waals surface area contributed by atoms with E-state index in [0.717, 1.165) is 6.54 Å². The summed E-state index contributed by atoms with van der Waals surface area (Å²) in [7, 11) is 1.63. The summed E-state index contributed by atoms with van der Waals surface area (Å²) in [5.74, 6) is 1.43. The molecule has 1 heterocycles. The van der Waals surface area contributed by atoms with E-state index in [-0.39, 0.29) is 6.04 Å². The molecule has 0 aliphatic carbocycles. The summed E-state index contributed by atoms with van der Waals surface area (Å²) >= 11 is 6.25. The van der Waals surface area contributed by atoms with Gasteiger partial charge in [-0.15, -0.1) is 0 Å². The van der Waals surface area contributed by atoms with Crippen molar-refractivity contribution in [3.63, 3.8) is 0 Å². The molecular formula is C16H25ClN2O. The van der Waals surface area contributed by atoms with Gasteiger partial charge in [-0.2, -0.15) is 0 Å². The van der Waals surface area contributed by atoms with Gasteiger partial charge in [0.25, 0.3) is 0 Å². The maximum absolute atomic E-state index is 6.25. The minimum Gasteiger partial charge on any atom is -0.495 e. The van der Waals surface area contributed by atoms with Gasteiger partial charge in [0.15, 0.2) is 0 Å². The van der Waals surface area contributed by atoms with E-state index in [9.17, 15) is 0 Å². The Balaban J connectivity index is 2.25. The lowest BCUT2D eigenvalue weighted by Gasteiger charge is -2.42. The number of hydrogen-bond donors (Lipinski definition) is 1. The number of nitrogens with two attached hydrogens (primary N) is 1. The topological polar surface area (TPSA) is 38.5 Å². The van der Waals surface area contributed by atoms with Crippen molar-refractivity contribution in [1.82, 2.24) is 4.90 Å². The molecule has 1 fully saturated rings. The molecule has 1 aliphatic heterocycles. The molecule has 1 aromatic rings. The summed E-state index contributed by atoms with van der Waals surface area (Å²) in [6.07, 6.45) is 2.55. The highest BCUT2D eigenvalue weighted by Gasteiger charge is 2.30. The van der Waals surface area contributed by atoms with E-state index < -0.39 is 0 Å². The molecular weight excluding hydrogens is 272 g/mol. The third-order valence-corrected chi connectivity index (χ3v) is 4.90. The maximum Gasteiger partial charge on any atom is 0.137 e. The summed E-state index contributed by atoms with van der Waals surface area (Å²) in [5.41, 5.74) is 7.23. The predicted molar refractivity (Wildman–Crippen MR) is 84.4 cm³/mol. The number of methoxy groups -OCH3 is 1. The Kier molecular flexibility index (Phi) is 5.30. The molecule has 1 saturated heterocycles. The van der Waals surface area contributed by atoms with Gasteiger partial charge in [0.1, 0.15) is 5.75 Å². The average Bonchev–Trinajstić information content (AvgIpc) is 2.44. The molecule has 0 radical (unpaired) electrons. The van der Waals surface area contributed by atoms with E-state index in [0.29, 0.717) is 29.3 Å². The Morgan fingerprint density at radius 3 is 2.80 bits per heavy atom. The highest BCUT2D eigenvalue weighted by atomic mass is 35.5. The van der Waals surface area contributed by atoms with E-state index >= 15 is 0 Å². The fraction of sp³-hybridized carbons (Fsp3) is 0.625. The van der Waals surface area contributed by atoms with E-state index in [1.54, 1.807) is 7.11 Å². The summed E-state index contributed by atoms with van der Waals surface area (Å²) < 4.78 is 5.22. The van der Waals surface area contributed by atoms with Crippen molar-refractivity contribution in [3.8, 4) is 5.75 Å². The lowest BCUT2D eigenvalue weighted by molar-refractivity contribution is 0.0709. The third kappa shape index (κ3) is 3.11. The first-order valence-corrected chi connectivity index (χ1v) is 7.75. The lowest BCUT2D eigenvalue weighted by Crippen LogP contribution is -2.46. The molecule has 4 heteroatoms. The van der Waals surface area contributed by atoms with E-state index in [2.05, 4.69) is 24.8 Å². The van der Waals surface area contributed by atoms with Crippen LogP contribution >= 0.6 is 11.6 Å². The average molecular weight is 297 g/mol. The van der Waals surface area contributed by atoms with Crippen LogP contribution in [0.15, 0.2) is 18.2 Å². The molecule has 1 aromatic carbocycles. The second kappa shape index (κ2) is 6.79. The number of ether oxygens (including phenoxy) is 1. The maximum atomic E-state index is 6.25. The van der Waals surface area contributed by atoms with Crippen LogP contribution in [0.2, 0.25) is 5.02 Å². The Morgan fingerprint density at radius 2 is 2.20 bits per heavy atom. The summed E-state index contributed by atoms with van der Waals surface area (Å²) in [6.45, 7) is 6.35. The van der Waals surface area contributed by atoms with Gasteiger partial charge in [-0.1, -0.05) is 24.6 Å². The molecule has 0 spiro atoms. The minimum atomic E-state index is 0.233. The van der Waals surface area contributed by atoms with Crippen molar-refractivity contribution in [3.05, 3.63) is 28.8 Å². The second-order valence-corrected chi connectivity index (χ2v) is 6.15. The van der Waals surface area contributed by atoms with Crippen molar-refractivity contribution >= 4 is 11.6 Å². The molecule has 0 saturated carbocycles. The van der Waals surface area contributed by atoms with Crippen LogP contribution in [-0.2, 0) is 0 Å². The van der Waals surface area contributed by atoms with Crippen LogP contribution in [-0.4, -0.2) is 31.1 Å². The number of halogens is 1. The molecule has 0 bridgehead atoms. The van der Waals surface area contributed by atoms with Crippen LogP contribution in [0.3, 0.4) is 0 Å². The fourth-order valence-electron chi connectivity index (χ4n) is 3.16. The van der Waals surface area contributed by atoms with E-state index in [1.165, 1.54) is 18.4 Å². The molecule has 3 atom stereocenters. The van der Waals surface area contributed by atoms with Gasteiger partial charge < -0.3 is 10.5 Å². The Hall–Kier alpha value is -0.770. The molecule has 2 rings (SSSR count). The summed E-state index contributed by atoms with van der Waals surface area (Å²) in [5, 5.41) is 0.654. The van der Waals surface area contributed by atoms with E-state index in [4.69, 9.17) is 22.1 Å². The molecule has 3 nitrogen and oxygen atoms in total. The smallest absolute Gasteiger partial charge is 0.137 e. The van der Waals surface area contributed by atoms with Gasteiger partial charge in [-0.05, 0) is 49.9 Å². The van der Waals surface area contributed by atoms with Crippen LogP contribution < -0.4 is 10.5 Å². The Bertz CT molecular complexity index is 452. The largest absolute Gasteiger partial charge is 0.495 e. The molecule has 2 N–H and O–H groups in total. The third-order valence-electron chi connectivity index (χ3n) is 4.61. The summed E-state index contributed by atoms with van der Waals surface area (Å²) in [6, 6.07) is 6.78. The molecule has 1 aliphatic rings. The monoisotopic (exact) mass is 296 g/mol. The normalized spacial score (nSPS) is 25.4. The fourth-order valence-corrected chi connectivity index (χ4v) is 3.43. The van der Waals surface area contributed by atoms with Crippen molar-refractivity contribution in [1.29, 1.82) is 0 Å². The number of piperidine rings is 1. The highest BCUT2D eigenvalue weighted by molar-refractivity contribution is 6.32. The number of benzene rings is 1. The van der Waals surface area contributed by atoms with Crippen molar-refractivity contribution in [2.24, 2.45) is 11.7 Å². The van der Waals surface area contributed by atoms with Gasteiger partial charge in [-0.3, -0.25) is 4.90 Å². The minimum absolute atomic E-state index is 0.233. The number of hydrogen-bond acceptors (Lipinski definition) is 3. The van der Waals surface area contributed by atoms with Crippen LogP contribution in [0.1, 0.15) is 38.3 Å². The van der Waals surface area contributed by atoms with Gasteiger partial charge in [0.05, 0.1) is 12.1 Å². The SMILES string of the molecule is COc1ccc(C(CN)N2CCCC(C)C2C)cc1Cl. The van der Waals surface area contributed by atoms with E-state index in [1.807, 2.05) is 12.1 Å².